The zero-order valence-electron chi connectivity index (χ0n) is 13.2. The van der Waals surface area contributed by atoms with E-state index in [1.165, 1.54) is 11.1 Å². The van der Waals surface area contributed by atoms with Crippen molar-refractivity contribution in [3.63, 3.8) is 0 Å². The first-order valence-corrected chi connectivity index (χ1v) is 8.06. The minimum atomic E-state index is -0.228. The highest BCUT2D eigenvalue weighted by Gasteiger charge is 2.54. The average Bonchev–Trinajstić information content (AvgIpc) is 3.01. The van der Waals surface area contributed by atoms with Crippen LogP contribution in [0.2, 0.25) is 0 Å². The summed E-state index contributed by atoms with van der Waals surface area (Å²) in [6.45, 7) is 4.37. The summed E-state index contributed by atoms with van der Waals surface area (Å²) < 4.78 is 12.7. The van der Waals surface area contributed by atoms with Gasteiger partial charge in [0.25, 0.3) is 0 Å². The first kappa shape index (κ1) is 14.0. The molecule has 0 N–H and O–H groups in total. The van der Waals surface area contributed by atoms with Crippen molar-refractivity contribution in [1.82, 2.24) is 0 Å². The lowest BCUT2D eigenvalue weighted by atomic mass is 9.83. The first-order chi connectivity index (χ1) is 10.6. The van der Waals surface area contributed by atoms with Crippen LogP contribution in [0.15, 0.2) is 60.7 Å². The summed E-state index contributed by atoms with van der Waals surface area (Å²) in [7, 11) is 0. The highest BCUT2D eigenvalue weighted by atomic mass is 16.7. The Bertz CT molecular complexity index is 578. The van der Waals surface area contributed by atoms with Crippen LogP contribution in [0.5, 0.6) is 0 Å². The second kappa shape index (κ2) is 4.94. The minimum Gasteiger partial charge on any atom is -0.341 e. The van der Waals surface area contributed by atoms with E-state index >= 15 is 0 Å². The minimum absolute atomic E-state index is 0.101. The van der Waals surface area contributed by atoms with E-state index in [0.717, 1.165) is 12.8 Å². The molecule has 2 aromatic carbocycles. The van der Waals surface area contributed by atoms with Gasteiger partial charge in [0.05, 0.1) is 11.2 Å². The van der Waals surface area contributed by atoms with Crippen molar-refractivity contribution in [1.29, 1.82) is 0 Å². The maximum atomic E-state index is 6.35. The standard InChI is InChI=1S/C20H22O2/c1-19(16-9-5-3-6-10-16)13-15-14-20(2,22-18(15)21-19)17-11-7-4-8-12-17/h3-12,15,18H,13-14H2,1-2H3/t15?,18?,19-,20-/m1/s1. The molecule has 0 amide bonds. The van der Waals surface area contributed by atoms with Crippen molar-refractivity contribution in [2.24, 2.45) is 5.92 Å². The molecular formula is C20H22O2. The maximum Gasteiger partial charge on any atom is 0.162 e. The molecule has 0 aromatic heterocycles. The van der Waals surface area contributed by atoms with E-state index < -0.39 is 0 Å². The van der Waals surface area contributed by atoms with E-state index in [1.54, 1.807) is 0 Å². The lowest BCUT2D eigenvalue weighted by molar-refractivity contribution is -0.197. The van der Waals surface area contributed by atoms with Gasteiger partial charge in [-0.3, -0.25) is 0 Å². The maximum absolute atomic E-state index is 6.35. The zero-order valence-corrected chi connectivity index (χ0v) is 13.2. The van der Waals surface area contributed by atoms with Crippen LogP contribution in [0.25, 0.3) is 0 Å². The first-order valence-electron chi connectivity index (χ1n) is 8.06. The van der Waals surface area contributed by atoms with E-state index in [2.05, 4.69) is 62.4 Å². The Kier molecular flexibility index (Phi) is 3.14. The van der Waals surface area contributed by atoms with Crippen molar-refractivity contribution in [2.45, 2.75) is 44.2 Å². The molecule has 2 aliphatic rings. The van der Waals surface area contributed by atoms with Gasteiger partial charge in [-0.05, 0) is 37.8 Å². The molecule has 2 heteroatoms. The molecular weight excluding hydrogens is 272 g/mol. The van der Waals surface area contributed by atoms with Gasteiger partial charge in [0.2, 0.25) is 0 Å². The van der Waals surface area contributed by atoms with Gasteiger partial charge >= 0.3 is 0 Å². The van der Waals surface area contributed by atoms with Crippen LogP contribution < -0.4 is 0 Å². The van der Waals surface area contributed by atoms with Crippen LogP contribution in [-0.4, -0.2) is 6.29 Å². The summed E-state index contributed by atoms with van der Waals surface area (Å²) in [5.41, 5.74) is 2.03. The van der Waals surface area contributed by atoms with E-state index in [-0.39, 0.29) is 17.5 Å². The quantitative estimate of drug-likeness (QED) is 0.806. The Hall–Kier alpha value is -1.64. The van der Waals surface area contributed by atoms with Gasteiger partial charge in [-0.2, -0.15) is 0 Å². The third-order valence-corrected chi connectivity index (χ3v) is 5.21. The Balaban J connectivity index is 1.56. The molecule has 2 atom stereocenters. The Labute approximate surface area is 132 Å². The van der Waals surface area contributed by atoms with Crippen molar-refractivity contribution < 1.29 is 9.47 Å². The van der Waals surface area contributed by atoms with Crippen LogP contribution in [0, 0.1) is 5.92 Å². The second-order valence-electron chi connectivity index (χ2n) is 6.97. The molecule has 2 fully saturated rings. The van der Waals surface area contributed by atoms with Crippen LogP contribution in [0.1, 0.15) is 37.8 Å². The van der Waals surface area contributed by atoms with Gasteiger partial charge in [0.15, 0.2) is 6.29 Å². The summed E-state index contributed by atoms with van der Waals surface area (Å²) in [5, 5.41) is 0. The van der Waals surface area contributed by atoms with Gasteiger partial charge in [-0.25, -0.2) is 0 Å². The van der Waals surface area contributed by atoms with Gasteiger partial charge in [-0.15, -0.1) is 0 Å². The van der Waals surface area contributed by atoms with Gasteiger partial charge in [0, 0.05) is 5.92 Å². The molecule has 2 nitrogen and oxygen atoms in total. The fraction of sp³-hybridized carbons (Fsp3) is 0.400. The summed E-state index contributed by atoms with van der Waals surface area (Å²) in [6.07, 6.45) is 1.93. The van der Waals surface area contributed by atoms with Crippen molar-refractivity contribution in [3.8, 4) is 0 Å². The molecule has 0 bridgehead atoms. The Morgan fingerprint density at radius 2 is 1.14 bits per heavy atom. The normalized spacial score (nSPS) is 37.2. The molecule has 4 rings (SSSR count). The number of benzene rings is 2. The summed E-state index contributed by atoms with van der Waals surface area (Å²) >= 11 is 0. The van der Waals surface area contributed by atoms with E-state index in [0.29, 0.717) is 5.92 Å². The fourth-order valence-corrected chi connectivity index (χ4v) is 4.04. The highest BCUT2D eigenvalue weighted by Crippen LogP contribution is 2.53. The molecule has 0 saturated carbocycles. The van der Waals surface area contributed by atoms with Crippen molar-refractivity contribution in [2.75, 3.05) is 0 Å². The molecule has 2 heterocycles. The number of ether oxygens (including phenoxy) is 2. The van der Waals surface area contributed by atoms with Gasteiger partial charge in [0.1, 0.15) is 0 Å². The zero-order chi connectivity index (χ0) is 15.2. The molecule has 114 valence electrons. The summed E-state index contributed by atoms with van der Waals surface area (Å²) in [5.74, 6) is 0.454. The number of hydrogen-bond donors (Lipinski definition) is 0. The third-order valence-electron chi connectivity index (χ3n) is 5.21. The topological polar surface area (TPSA) is 18.5 Å². The fourth-order valence-electron chi connectivity index (χ4n) is 4.04. The molecule has 0 aliphatic carbocycles. The van der Waals surface area contributed by atoms with Crippen LogP contribution >= 0.6 is 0 Å². The SMILES string of the molecule is C[C@]1(c2ccccc2)CC2C[C@](C)(c3ccccc3)OC2O1. The Morgan fingerprint density at radius 1 is 0.727 bits per heavy atom. The third kappa shape index (κ3) is 2.18. The average molecular weight is 294 g/mol. The highest BCUT2D eigenvalue weighted by molar-refractivity contribution is 5.26. The second-order valence-corrected chi connectivity index (χ2v) is 6.97. The number of fused-ring (bicyclic) bond motifs is 1. The molecule has 0 unspecified atom stereocenters. The molecule has 0 spiro atoms. The largest absolute Gasteiger partial charge is 0.341 e. The van der Waals surface area contributed by atoms with Gasteiger partial charge in [-0.1, -0.05) is 60.7 Å². The molecule has 2 aliphatic heterocycles. The number of hydrogen-bond acceptors (Lipinski definition) is 2. The number of rotatable bonds is 2. The van der Waals surface area contributed by atoms with E-state index in [1.807, 2.05) is 12.1 Å². The van der Waals surface area contributed by atoms with Crippen LogP contribution in [-0.2, 0) is 20.7 Å². The smallest absolute Gasteiger partial charge is 0.162 e. The van der Waals surface area contributed by atoms with Crippen molar-refractivity contribution in [3.05, 3.63) is 71.8 Å². The Morgan fingerprint density at radius 3 is 1.50 bits per heavy atom. The van der Waals surface area contributed by atoms with E-state index in [9.17, 15) is 0 Å². The van der Waals surface area contributed by atoms with Crippen LogP contribution in [0.3, 0.4) is 0 Å². The molecule has 2 aromatic rings. The lowest BCUT2D eigenvalue weighted by Gasteiger charge is -2.30. The molecule has 2 saturated heterocycles. The summed E-state index contributed by atoms with van der Waals surface area (Å²) in [6, 6.07) is 21.0. The predicted octanol–water partition coefficient (Wildman–Crippen LogP) is 4.60. The lowest BCUT2D eigenvalue weighted by Crippen LogP contribution is -2.28. The predicted molar refractivity (Wildman–Crippen MR) is 86.3 cm³/mol. The van der Waals surface area contributed by atoms with Crippen molar-refractivity contribution >= 4 is 0 Å². The van der Waals surface area contributed by atoms with Crippen LogP contribution in [0.4, 0.5) is 0 Å². The van der Waals surface area contributed by atoms with Gasteiger partial charge < -0.3 is 9.47 Å². The molecule has 22 heavy (non-hydrogen) atoms. The van der Waals surface area contributed by atoms with E-state index in [4.69, 9.17) is 9.47 Å². The monoisotopic (exact) mass is 294 g/mol. The summed E-state index contributed by atoms with van der Waals surface area (Å²) in [4.78, 5) is 0. The molecule has 0 radical (unpaired) electrons.